The third-order valence-corrected chi connectivity index (χ3v) is 2.35. The monoisotopic (exact) mass is 285 g/mol. The van der Waals surface area contributed by atoms with E-state index >= 15 is 0 Å². The van der Waals surface area contributed by atoms with E-state index in [0.717, 1.165) is 6.54 Å². The lowest BCUT2D eigenvalue weighted by Gasteiger charge is -2.11. The van der Waals surface area contributed by atoms with E-state index in [1.54, 1.807) is 0 Å². The first-order valence-electron chi connectivity index (χ1n) is 6.06. The molecular formula is C11H19N5O4. The van der Waals surface area contributed by atoms with E-state index in [1.807, 2.05) is 19.0 Å². The molecule has 0 spiro atoms. The van der Waals surface area contributed by atoms with Gasteiger partial charge in [-0.25, -0.2) is 4.98 Å². The van der Waals surface area contributed by atoms with Crippen LogP contribution in [0.25, 0.3) is 0 Å². The second kappa shape index (κ2) is 8.23. The average Bonchev–Trinajstić information content (AvgIpc) is 2.38. The molecule has 0 amide bonds. The maximum Gasteiger partial charge on any atom is 0.372 e. The van der Waals surface area contributed by atoms with E-state index in [0.29, 0.717) is 13.2 Å². The number of nitrogens with zero attached hydrogens (tertiary/aromatic N) is 4. The normalized spacial score (nSPS) is 10.6. The number of methoxy groups -OCH3 is 1. The summed E-state index contributed by atoms with van der Waals surface area (Å²) >= 11 is 0. The van der Waals surface area contributed by atoms with Gasteiger partial charge in [-0.05, 0) is 14.1 Å². The molecular weight excluding hydrogens is 266 g/mol. The fourth-order valence-electron chi connectivity index (χ4n) is 1.38. The molecule has 0 fully saturated rings. The van der Waals surface area contributed by atoms with E-state index in [1.165, 1.54) is 13.4 Å². The average molecular weight is 285 g/mol. The summed E-state index contributed by atoms with van der Waals surface area (Å²) in [7, 11) is 5.34. The second-order valence-corrected chi connectivity index (χ2v) is 4.20. The topological polar surface area (TPSA) is 103 Å². The van der Waals surface area contributed by atoms with Crippen LogP contribution in [0.2, 0.25) is 0 Å². The zero-order valence-corrected chi connectivity index (χ0v) is 11.8. The molecule has 1 N–H and O–H groups in total. The number of rotatable bonds is 9. The molecule has 20 heavy (non-hydrogen) atoms. The van der Waals surface area contributed by atoms with E-state index < -0.39 is 4.92 Å². The summed E-state index contributed by atoms with van der Waals surface area (Å²) < 4.78 is 10.1. The number of hydrogen-bond acceptors (Lipinski definition) is 8. The first-order chi connectivity index (χ1) is 9.56. The lowest BCUT2D eigenvalue weighted by atomic mass is 10.4. The van der Waals surface area contributed by atoms with Gasteiger partial charge in [-0.3, -0.25) is 10.1 Å². The van der Waals surface area contributed by atoms with E-state index in [2.05, 4.69) is 15.3 Å². The second-order valence-electron chi connectivity index (χ2n) is 4.20. The summed E-state index contributed by atoms with van der Waals surface area (Å²) in [6, 6.07) is 0. The molecule has 0 bridgehead atoms. The SMILES string of the molecule is COCCOc1ncnc(NCCN(C)C)c1[N+](=O)[O-]. The van der Waals surface area contributed by atoms with Crippen molar-refractivity contribution in [2.45, 2.75) is 0 Å². The van der Waals surface area contributed by atoms with Crippen molar-refractivity contribution in [1.82, 2.24) is 14.9 Å². The zero-order valence-electron chi connectivity index (χ0n) is 11.8. The molecule has 0 unspecified atom stereocenters. The first kappa shape index (κ1) is 16.1. The van der Waals surface area contributed by atoms with Gasteiger partial charge in [0.05, 0.1) is 11.5 Å². The zero-order chi connectivity index (χ0) is 15.0. The van der Waals surface area contributed by atoms with Gasteiger partial charge in [-0.1, -0.05) is 0 Å². The summed E-state index contributed by atoms with van der Waals surface area (Å²) in [5.41, 5.74) is -0.262. The van der Waals surface area contributed by atoms with Crippen molar-refractivity contribution in [3.05, 3.63) is 16.4 Å². The summed E-state index contributed by atoms with van der Waals surface area (Å²) in [4.78, 5) is 20.2. The third-order valence-electron chi connectivity index (χ3n) is 2.35. The molecule has 1 aromatic rings. The molecule has 0 saturated heterocycles. The summed E-state index contributed by atoms with van der Waals surface area (Å²) in [6.45, 7) is 1.76. The molecule has 1 rings (SSSR count). The van der Waals surface area contributed by atoms with Gasteiger partial charge < -0.3 is 19.7 Å². The van der Waals surface area contributed by atoms with Gasteiger partial charge in [-0.2, -0.15) is 4.98 Å². The molecule has 1 heterocycles. The van der Waals surface area contributed by atoms with Crippen molar-refractivity contribution < 1.29 is 14.4 Å². The molecule has 0 radical (unpaired) electrons. The number of likely N-dealkylation sites (N-methyl/N-ethyl adjacent to an activating group) is 1. The van der Waals surface area contributed by atoms with E-state index in [-0.39, 0.29) is 24.0 Å². The van der Waals surface area contributed by atoms with Crippen molar-refractivity contribution in [2.75, 3.05) is 52.8 Å². The largest absolute Gasteiger partial charge is 0.470 e. The van der Waals surface area contributed by atoms with Crippen molar-refractivity contribution in [2.24, 2.45) is 0 Å². The Balaban J connectivity index is 2.82. The van der Waals surface area contributed by atoms with Gasteiger partial charge in [0.1, 0.15) is 12.9 Å². The van der Waals surface area contributed by atoms with E-state index in [9.17, 15) is 10.1 Å². The molecule has 9 heteroatoms. The van der Waals surface area contributed by atoms with Gasteiger partial charge >= 0.3 is 5.69 Å². The Kier molecular flexibility index (Phi) is 6.60. The smallest absolute Gasteiger partial charge is 0.372 e. The van der Waals surface area contributed by atoms with Gasteiger partial charge in [0.25, 0.3) is 5.88 Å². The number of nitrogens with one attached hydrogen (secondary N) is 1. The Labute approximate surface area is 117 Å². The third kappa shape index (κ3) is 4.94. The van der Waals surface area contributed by atoms with Crippen LogP contribution >= 0.6 is 0 Å². The van der Waals surface area contributed by atoms with Crippen LogP contribution in [0.1, 0.15) is 0 Å². The minimum atomic E-state index is -0.555. The molecule has 0 atom stereocenters. The van der Waals surface area contributed by atoms with Crippen LogP contribution in [-0.4, -0.2) is 67.3 Å². The maximum atomic E-state index is 11.1. The molecule has 0 aliphatic carbocycles. The van der Waals surface area contributed by atoms with Crippen molar-refractivity contribution in [3.8, 4) is 5.88 Å². The standard InChI is InChI=1S/C11H19N5O4/c1-15(2)5-4-12-10-9(16(17)18)11(14-8-13-10)20-7-6-19-3/h8H,4-7H2,1-3H3,(H,12,13,14). The highest BCUT2D eigenvalue weighted by atomic mass is 16.6. The Bertz CT molecular complexity index is 441. The van der Waals surface area contributed by atoms with Crippen LogP contribution in [0.3, 0.4) is 0 Å². The van der Waals surface area contributed by atoms with Crippen LogP contribution in [0.4, 0.5) is 11.5 Å². The number of hydrogen-bond donors (Lipinski definition) is 1. The van der Waals surface area contributed by atoms with Crippen LogP contribution < -0.4 is 10.1 Å². The maximum absolute atomic E-state index is 11.1. The molecule has 9 nitrogen and oxygen atoms in total. The highest BCUT2D eigenvalue weighted by Gasteiger charge is 2.24. The molecule has 0 aromatic carbocycles. The van der Waals surface area contributed by atoms with Crippen molar-refractivity contribution in [1.29, 1.82) is 0 Å². The summed E-state index contributed by atoms with van der Waals surface area (Å²) in [5.74, 6) is 0.0914. The molecule has 0 aliphatic rings. The van der Waals surface area contributed by atoms with Gasteiger partial charge in [0, 0.05) is 20.2 Å². The fraction of sp³-hybridized carbons (Fsp3) is 0.636. The van der Waals surface area contributed by atoms with Gasteiger partial charge in [0.2, 0.25) is 5.82 Å². The first-order valence-corrected chi connectivity index (χ1v) is 6.06. The van der Waals surface area contributed by atoms with Crippen molar-refractivity contribution in [3.63, 3.8) is 0 Å². The lowest BCUT2D eigenvalue weighted by molar-refractivity contribution is -0.385. The molecule has 0 saturated carbocycles. The van der Waals surface area contributed by atoms with Crippen LogP contribution in [0, 0.1) is 10.1 Å². The number of aromatic nitrogens is 2. The number of anilines is 1. The Morgan fingerprint density at radius 3 is 2.75 bits per heavy atom. The Hall–Kier alpha value is -2.00. The van der Waals surface area contributed by atoms with Crippen molar-refractivity contribution >= 4 is 11.5 Å². The highest BCUT2D eigenvalue weighted by molar-refractivity contribution is 5.61. The predicted molar refractivity (Wildman–Crippen MR) is 73.1 cm³/mol. The Morgan fingerprint density at radius 1 is 1.40 bits per heavy atom. The minimum Gasteiger partial charge on any atom is -0.470 e. The molecule has 112 valence electrons. The fourth-order valence-corrected chi connectivity index (χ4v) is 1.38. The summed E-state index contributed by atoms with van der Waals surface area (Å²) in [5, 5.41) is 14.0. The predicted octanol–water partition coefficient (Wildman–Crippen LogP) is 0.384. The Morgan fingerprint density at radius 2 is 2.15 bits per heavy atom. The van der Waals surface area contributed by atoms with Gasteiger partial charge in [-0.15, -0.1) is 0 Å². The number of nitro groups is 1. The molecule has 1 aromatic heterocycles. The molecule has 0 aliphatic heterocycles. The minimum absolute atomic E-state index is 0.0607. The van der Waals surface area contributed by atoms with Crippen LogP contribution in [0.15, 0.2) is 6.33 Å². The quantitative estimate of drug-likeness (QED) is 0.395. The number of ether oxygens (including phenoxy) is 2. The highest BCUT2D eigenvalue weighted by Crippen LogP contribution is 2.30. The van der Waals surface area contributed by atoms with Gasteiger partial charge in [0.15, 0.2) is 0 Å². The summed E-state index contributed by atoms with van der Waals surface area (Å²) in [6.07, 6.45) is 1.23. The van der Waals surface area contributed by atoms with Crippen LogP contribution in [0.5, 0.6) is 5.88 Å². The lowest BCUT2D eigenvalue weighted by Crippen LogP contribution is -2.21. The van der Waals surface area contributed by atoms with E-state index in [4.69, 9.17) is 9.47 Å². The van der Waals surface area contributed by atoms with Crippen LogP contribution in [-0.2, 0) is 4.74 Å².